The van der Waals surface area contributed by atoms with E-state index in [1.54, 1.807) is 24.3 Å². The van der Waals surface area contributed by atoms with Gasteiger partial charge in [0.1, 0.15) is 33.6 Å². The van der Waals surface area contributed by atoms with Crippen molar-refractivity contribution >= 4 is 34.5 Å². The van der Waals surface area contributed by atoms with Crippen LogP contribution in [0.4, 0.5) is 10.1 Å². The van der Waals surface area contributed by atoms with Gasteiger partial charge in [0.05, 0.1) is 12.0 Å². The predicted molar refractivity (Wildman–Crippen MR) is 98.8 cm³/mol. The van der Waals surface area contributed by atoms with Crippen LogP contribution in [0.1, 0.15) is 5.56 Å². The van der Waals surface area contributed by atoms with Crippen LogP contribution in [0.25, 0.3) is 6.08 Å². The maximum absolute atomic E-state index is 13.9. The van der Waals surface area contributed by atoms with Gasteiger partial charge in [-0.1, -0.05) is 36.0 Å². The number of carbonyl (C=O) groups excluding carboxylic acids is 1. The predicted octanol–water partition coefficient (Wildman–Crippen LogP) is 4.33. The summed E-state index contributed by atoms with van der Waals surface area (Å²) in [7, 11) is 1.19. The molecule has 0 unspecified atom stereocenters. The summed E-state index contributed by atoms with van der Waals surface area (Å²) in [6.45, 7) is 0. The highest BCUT2D eigenvalue weighted by Crippen LogP contribution is 2.40. The van der Waals surface area contributed by atoms with E-state index in [4.69, 9.17) is 4.74 Å². The van der Waals surface area contributed by atoms with Crippen molar-refractivity contribution in [2.45, 2.75) is 0 Å². The Morgan fingerprint density at radius 3 is 2.50 bits per heavy atom. The lowest BCUT2D eigenvalue weighted by molar-refractivity contribution is -0.135. The van der Waals surface area contributed by atoms with Gasteiger partial charge in [-0.3, -0.25) is 0 Å². The number of rotatable bonds is 3. The van der Waals surface area contributed by atoms with Gasteiger partial charge in [-0.15, -0.1) is 0 Å². The number of benzene rings is 2. The second kappa shape index (κ2) is 7.45. The Hall–Kier alpha value is -3.06. The Morgan fingerprint density at radius 2 is 1.85 bits per heavy atom. The second-order valence-corrected chi connectivity index (χ2v) is 6.32. The topological polar surface area (TPSA) is 79.1 Å². The number of hydrogen-bond donors (Lipinski definition) is 2. The average Bonchev–Trinajstić information content (AvgIpc) is 2.93. The lowest BCUT2D eigenvalue weighted by atomic mass is 10.1. The second-order valence-electron chi connectivity index (χ2n) is 5.29. The first-order chi connectivity index (χ1) is 12.5. The molecule has 0 atom stereocenters. The molecular formula is C19H14FNO4S. The summed E-state index contributed by atoms with van der Waals surface area (Å²) < 4.78 is 18.6. The van der Waals surface area contributed by atoms with E-state index in [2.05, 4.69) is 4.99 Å². The van der Waals surface area contributed by atoms with Gasteiger partial charge in [0.2, 0.25) is 0 Å². The van der Waals surface area contributed by atoms with Crippen molar-refractivity contribution in [3.8, 4) is 5.75 Å². The van der Waals surface area contributed by atoms with Crippen molar-refractivity contribution in [3.05, 3.63) is 76.1 Å². The van der Waals surface area contributed by atoms with E-state index in [1.165, 1.54) is 37.4 Å². The molecule has 0 aliphatic carbocycles. The number of carbonyl (C=O) groups is 1. The summed E-state index contributed by atoms with van der Waals surface area (Å²) in [5.74, 6) is -1.48. The number of halogens is 1. The van der Waals surface area contributed by atoms with Crippen molar-refractivity contribution < 1.29 is 24.1 Å². The molecule has 5 nitrogen and oxygen atoms in total. The fraction of sp³-hybridized carbons (Fsp3) is 0.0526. The van der Waals surface area contributed by atoms with Crippen LogP contribution < -0.4 is 0 Å². The maximum Gasteiger partial charge on any atom is 0.344 e. The number of phenols is 1. The van der Waals surface area contributed by atoms with E-state index in [0.717, 1.165) is 11.8 Å². The van der Waals surface area contributed by atoms with Crippen molar-refractivity contribution in [2.24, 2.45) is 4.99 Å². The largest absolute Gasteiger partial charge is 0.508 e. The molecule has 7 heteroatoms. The van der Waals surface area contributed by atoms with Crippen LogP contribution in [0.15, 0.2) is 69.8 Å². The number of aliphatic hydroxyl groups is 1. The van der Waals surface area contributed by atoms with Crippen molar-refractivity contribution in [1.29, 1.82) is 0 Å². The van der Waals surface area contributed by atoms with E-state index < -0.39 is 11.8 Å². The quantitative estimate of drug-likeness (QED) is 0.785. The number of para-hydroxylation sites is 1. The van der Waals surface area contributed by atoms with Crippen molar-refractivity contribution in [3.63, 3.8) is 0 Å². The number of phenolic OH excluding ortho intramolecular Hbond substituents is 1. The number of aliphatic imine (C=N–C) groups is 1. The Kier molecular flexibility index (Phi) is 5.09. The fourth-order valence-corrected chi connectivity index (χ4v) is 3.29. The van der Waals surface area contributed by atoms with E-state index in [9.17, 15) is 19.4 Å². The monoisotopic (exact) mass is 371 g/mol. The highest BCUT2D eigenvalue weighted by molar-refractivity contribution is 8.18. The van der Waals surface area contributed by atoms with Crippen LogP contribution in [0.3, 0.4) is 0 Å². The minimum absolute atomic E-state index is 0.0510. The molecule has 2 N–H and O–H groups in total. The van der Waals surface area contributed by atoms with Gasteiger partial charge in [0, 0.05) is 0 Å². The van der Waals surface area contributed by atoms with Crippen LogP contribution in [-0.4, -0.2) is 28.3 Å². The Bertz CT molecular complexity index is 948. The fourth-order valence-electron chi connectivity index (χ4n) is 2.26. The number of hydrogen-bond acceptors (Lipinski definition) is 6. The van der Waals surface area contributed by atoms with Crippen LogP contribution in [-0.2, 0) is 9.53 Å². The van der Waals surface area contributed by atoms with Gasteiger partial charge in [0.25, 0.3) is 0 Å². The molecule has 1 aliphatic rings. The highest BCUT2D eigenvalue weighted by atomic mass is 32.2. The maximum atomic E-state index is 13.9. The van der Waals surface area contributed by atoms with E-state index >= 15 is 0 Å². The van der Waals surface area contributed by atoms with Crippen LogP contribution in [0.2, 0.25) is 0 Å². The molecule has 0 aromatic heterocycles. The first kappa shape index (κ1) is 17.8. The van der Waals surface area contributed by atoms with Gasteiger partial charge in [-0.05, 0) is 35.9 Å². The minimum atomic E-state index is -0.765. The van der Waals surface area contributed by atoms with E-state index in [-0.39, 0.29) is 27.8 Å². The molecule has 26 heavy (non-hydrogen) atoms. The Morgan fingerprint density at radius 1 is 1.15 bits per heavy atom. The standard InChI is InChI=1S/C19H14FNO4S/c1-25-19(24)16-17(23)15(10-11-6-8-12(22)9-7-11)26-18(16)21-14-5-3-2-4-13(14)20/h2-10,22-23H,1H3/b15-10+,21-18?. The van der Waals surface area contributed by atoms with E-state index in [0.29, 0.717) is 10.5 Å². The number of ether oxygens (including phenoxy) is 1. The molecule has 1 heterocycles. The lowest BCUT2D eigenvalue weighted by Crippen LogP contribution is -2.10. The molecule has 2 aromatic rings. The molecule has 0 amide bonds. The summed E-state index contributed by atoms with van der Waals surface area (Å²) in [5, 5.41) is 19.9. The third-order valence-corrected chi connectivity index (χ3v) is 4.57. The zero-order valence-corrected chi connectivity index (χ0v) is 14.5. The number of nitrogens with zero attached hydrogens (tertiary/aromatic N) is 1. The van der Waals surface area contributed by atoms with Crippen LogP contribution in [0, 0.1) is 5.82 Å². The minimum Gasteiger partial charge on any atom is -0.508 e. The normalized spacial score (nSPS) is 17.2. The molecule has 0 spiro atoms. The zero-order chi connectivity index (χ0) is 18.7. The Balaban J connectivity index is 2.06. The van der Waals surface area contributed by atoms with Crippen molar-refractivity contribution in [1.82, 2.24) is 0 Å². The molecule has 0 saturated heterocycles. The number of esters is 1. The van der Waals surface area contributed by atoms with Crippen LogP contribution >= 0.6 is 11.8 Å². The number of aliphatic hydroxyl groups excluding tert-OH is 1. The Labute approximate surface area is 153 Å². The van der Waals surface area contributed by atoms with Crippen LogP contribution in [0.5, 0.6) is 5.75 Å². The average molecular weight is 371 g/mol. The SMILES string of the molecule is COC(=O)C1=C(O)/C(=C\c2ccc(O)cc2)SC1=Nc1ccccc1F. The summed E-state index contributed by atoms with van der Waals surface area (Å²) >= 11 is 1.03. The molecule has 0 fully saturated rings. The molecule has 0 saturated carbocycles. The van der Waals surface area contributed by atoms with Gasteiger partial charge >= 0.3 is 5.97 Å². The van der Waals surface area contributed by atoms with Gasteiger partial charge in [-0.25, -0.2) is 14.2 Å². The first-order valence-corrected chi connectivity index (χ1v) is 8.35. The number of methoxy groups -OCH3 is 1. The smallest absolute Gasteiger partial charge is 0.344 e. The molecule has 132 valence electrons. The highest BCUT2D eigenvalue weighted by Gasteiger charge is 2.33. The summed E-state index contributed by atoms with van der Waals surface area (Å²) in [5.41, 5.74) is 0.633. The molecule has 2 aromatic carbocycles. The van der Waals surface area contributed by atoms with Gasteiger partial charge in [0.15, 0.2) is 0 Å². The third-order valence-electron chi connectivity index (χ3n) is 3.55. The van der Waals surface area contributed by atoms with E-state index in [1.807, 2.05) is 0 Å². The summed E-state index contributed by atoms with van der Waals surface area (Å²) in [4.78, 5) is 16.6. The van der Waals surface area contributed by atoms with Gasteiger partial charge < -0.3 is 14.9 Å². The third kappa shape index (κ3) is 3.62. The van der Waals surface area contributed by atoms with Gasteiger partial charge in [-0.2, -0.15) is 0 Å². The lowest BCUT2D eigenvalue weighted by Gasteiger charge is -2.02. The van der Waals surface area contributed by atoms with Crippen molar-refractivity contribution in [2.75, 3.05) is 7.11 Å². The first-order valence-electron chi connectivity index (χ1n) is 7.53. The summed E-state index contributed by atoms with van der Waals surface area (Å²) in [6, 6.07) is 12.2. The molecule has 1 aliphatic heterocycles. The number of thioether (sulfide) groups is 1. The molecule has 0 bridgehead atoms. The summed E-state index contributed by atoms with van der Waals surface area (Å²) in [6.07, 6.45) is 1.63. The molecule has 3 rings (SSSR count). The number of aromatic hydroxyl groups is 1. The molecule has 0 radical (unpaired) electrons. The molecular weight excluding hydrogens is 357 g/mol. The zero-order valence-electron chi connectivity index (χ0n) is 13.6.